The Kier molecular flexibility index (Phi) is 3.82. The van der Waals surface area contributed by atoms with Gasteiger partial charge in [-0.15, -0.1) is 0 Å². The van der Waals surface area contributed by atoms with Gasteiger partial charge in [-0.25, -0.2) is 0 Å². The lowest BCUT2D eigenvalue weighted by Gasteiger charge is -2.28. The van der Waals surface area contributed by atoms with E-state index >= 15 is 0 Å². The third-order valence-corrected chi connectivity index (χ3v) is 3.79. The molecular weight excluding hydrogens is 212 g/mol. The summed E-state index contributed by atoms with van der Waals surface area (Å²) in [6.45, 7) is 1.69. The van der Waals surface area contributed by atoms with Gasteiger partial charge in [0.25, 0.3) is 0 Å². The van der Waals surface area contributed by atoms with Crippen molar-refractivity contribution < 1.29 is 9.90 Å². The quantitative estimate of drug-likeness (QED) is 0.863. The fourth-order valence-electron chi connectivity index (χ4n) is 2.85. The van der Waals surface area contributed by atoms with E-state index in [1.165, 1.54) is 18.4 Å². The molecule has 2 heteroatoms. The summed E-state index contributed by atoms with van der Waals surface area (Å²) in [5.41, 5.74) is 1.32. The average Bonchev–Trinajstić information content (AvgIpc) is 2.30. The van der Waals surface area contributed by atoms with Crippen LogP contribution in [0.5, 0.6) is 5.75 Å². The number of benzene rings is 1. The predicted molar refractivity (Wildman–Crippen MR) is 68.1 cm³/mol. The largest absolute Gasteiger partial charge is 0.508 e. The van der Waals surface area contributed by atoms with E-state index in [1.54, 1.807) is 19.1 Å². The number of hydrogen-bond acceptors (Lipinski definition) is 2. The molecule has 1 fully saturated rings. The number of rotatable bonds is 3. The van der Waals surface area contributed by atoms with Crippen molar-refractivity contribution in [1.82, 2.24) is 0 Å². The summed E-state index contributed by atoms with van der Waals surface area (Å²) in [5, 5.41) is 9.26. The van der Waals surface area contributed by atoms with Crippen LogP contribution in [0.25, 0.3) is 0 Å². The highest BCUT2D eigenvalue weighted by atomic mass is 16.3. The van der Waals surface area contributed by atoms with E-state index in [-0.39, 0.29) is 0 Å². The van der Waals surface area contributed by atoms with Gasteiger partial charge in [-0.05, 0) is 62.1 Å². The van der Waals surface area contributed by atoms with Crippen molar-refractivity contribution in [3.63, 3.8) is 0 Å². The second-order valence-electron chi connectivity index (χ2n) is 5.22. The Morgan fingerprint density at radius 3 is 2.29 bits per heavy atom. The molecule has 0 heterocycles. The first-order chi connectivity index (χ1) is 8.15. The molecule has 0 aliphatic heterocycles. The summed E-state index contributed by atoms with van der Waals surface area (Å²) in [6, 6.07) is 7.56. The van der Waals surface area contributed by atoms with E-state index in [9.17, 15) is 9.90 Å². The van der Waals surface area contributed by atoms with Gasteiger partial charge in [-0.3, -0.25) is 0 Å². The van der Waals surface area contributed by atoms with Crippen molar-refractivity contribution in [3.8, 4) is 5.75 Å². The molecule has 0 spiro atoms. The maximum Gasteiger partial charge on any atom is 0.130 e. The number of hydrogen-bond donors (Lipinski definition) is 1. The van der Waals surface area contributed by atoms with E-state index in [1.807, 2.05) is 12.1 Å². The zero-order valence-electron chi connectivity index (χ0n) is 10.4. The molecule has 1 N–H and O–H groups in total. The maximum absolute atomic E-state index is 11.1. The van der Waals surface area contributed by atoms with Gasteiger partial charge in [0.15, 0.2) is 0 Å². The molecule has 0 bridgehead atoms. The summed E-state index contributed by atoms with van der Waals surface area (Å²) >= 11 is 0. The zero-order valence-corrected chi connectivity index (χ0v) is 10.4. The molecule has 1 aliphatic rings. The van der Waals surface area contributed by atoms with Gasteiger partial charge in [0.2, 0.25) is 0 Å². The molecule has 0 radical (unpaired) electrons. The average molecular weight is 232 g/mol. The van der Waals surface area contributed by atoms with Crippen LogP contribution in [0.1, 0.15) is 50.5 Å². The van der Waals surface area contributed by atoms with Gasteiger partial charge in [-0.1, -0.05) is 12.1 Å². The first-order valence-corrected chi connectivity index (χ1v) is 6.43. The Morgan fingerprint density at radius 1 is 1.18 bits per heavy atom. The molecule has 0 atom stereocenters. The van der Waals surface area contributed by atoms with Gasteiger partial charge in [-0.2, -0.15) is 0 Å². The van der Waals surface area contributed by atoms with Crippen LogP contribution in [-0.4, -0.2) is 10.9 Å². The van der Waals surface area contributed by atoms with E-state index in [0.29, 0.717) is 23.4 Å². The van der Waals surface area contributed by atoms with Crippen LogP contribution in [0.2, 0.25) is 0 Å². The lowest BCUT2D eigenvalue weighted by Crippen LogP contribution is -2.15. The van der Waals surface area contributed by atoms with E-state index < -0.39 is 0 Å². The van der Waals surface area contributed by atoms with Crippen molar-refractivity contribution in [2.75, 3.05) is 0 Å². The predicted octanol–water partition coefficient (Wildman–Crippen LogP) is 3.65. The maximum atomic E-state index is 11.1. The van der Waals surface area contributed by atoms with Crippen LogP contribution in [-0.2, 0) is 4.79 Å². The van der Waals surface area contributed by atoms with Crippen molar-refractivity contribution in [2.45, 2.75) is 44.9 Å². The lowest BCUT2D eigenvalue weighted by atomic mass is 9.77. The molecular formula is C15H20O2. The molecule has 1 saturated carbocycles. The molecule has 2 rings (SSSR count). The topological polar surface area (TPSA) is 37.3 Å². The fraction of sp³-hybridized carbons (Fsp3) is 0.533. The number of ketones is 1. The first-order valence-electron chi connectivity index (χ1n) is 6.43. The second kappa shape index (κ2) is 5.35. The number of phenolic OH excluding ortho intramolecular Hbond substituents is 1. The van der Waals surface area contributed by atoms with Crippen LogP contribution in [0, 0.1) is 5.92 Å². The van der Waals surface area contributed by atoms with Gasteiger partial charge in [0, 0.05) is 6.42 Å². The zero-order chi connectivity index (χ0) is 12.3. The molecule has 1 aromatic carbocycles. The SMILES string of the molecule is CC(=O)CC1CCC(c2ccc(O)cc2)CC1. The molecule has 0 saturated heterocycles. The molecule has 0 amide bonds. The minimum absolute atomic E-state index is 0.318. The minimum Gasteiger partial charge on any atom is -0.508 e. The molecule has 1 aliphatic carbocycles. The first kappa shape index (κ1) is 12.2. The molecule has 92 valence electrons. The summed E-state index contributed by atoms with van der Waals surface area (Å²) in [4.78, 5) is 11.1. The molecule has 17 heavy (non-hydrogen) atoms. The number of carbonyl (C=O) groups excluding carboxylic acids is 1. The van der Waals surface area contributed by atoms with Crippen LogP contribution in [0.15, 0.2) is 24.3 Å². The Bertz CT molecular complexity index is 372. The van der Waals surface area contributed by atoms with Crippen molar-refractivity contribution in [1.29, 1.82) is 0 Å². The normalized spacial score (nSPS) is 24.5. The number of phenols is 1. The van der Waals surface area contributed by atoms with Gasteiger partial charge in [0.05, 0.1) is 0 Å². The Balaban J connectivity index is 1.90. The van der Waals surface area contributed by atoms with E-state index in [0.717, 1.165) is 19.3 Å². The summed E-state index contributed by atoms with van der Waals surface area (Å²) in [6.07, 6.45) is 5.41. The molecule has 0 unspecified atom stereocenters. The monoisotopic (exact) mass is 232 g/mol. The van der Waals surface area contributed by atoms with Gasteiger partial charge >= 0.3 is 0 Å². The number of aromatic hydroxyl groups is 1. The van der Waals surface area contributed by atoms with Crippen LogP contribution in [0.4, 0.5) is 0 Å². The van der Waals surface area contributed by atoms with Crippen molar-refractivity contribution in [2.24, 2.45) is 5.92 Å². The minimum atomic E-state index is 0.318. The van der Waals surface area contributed by atoms with E-state index in [4.69, 9.17) is 0 Å². The smallest absolute Gasteiger partial charge is 0.130 e. The van der Waals surface area contributed by atoms with Crippen LogP contribution in [0.3, 0.4) is 0 Å². The third-order valence-electron chi connectivity index (χ3n) is 3.79. The van der Waals surface area contributed by atoms with Gasteiger partial charge in [0.1, 0.15) is 11.5 Å². The summed E-state index contributed by atoms with van der Waals surface area (Å²) in [5.74, 6) is 1.86. The number of carbonyl (C=O) groups is 1. The van der Waals surface area contributed by atoms with Crippen LogP contribution >= 0.6 is 0 Å². The molecule has 2 nitrogen and oxygen atoms in total. The standard InChI is InChI=1S/C15H20O2/c1-11(16)10-12-2-4-13(5-3-12)14-6-8-15(17)9-7-14/h6-9,12-13,17H,2-5,10H2,1H3. The van der Waals surface area contributed by atoms with Gasteiger partial charge < -0.3 is 9.90 Å². The Morgan fingerprint density at radius 2 is 1.76 bits per heavy atom. The highest BCUT2D eigenvalue weighted by molar-refractivity contribution is 5.75. The number of Topliss-reactive ketones (excluding diaryl/α,β-unsaturated/α-hetero) is 1. The molecule has 1 aromatic rings. The Hall–Kier alpha value is -1.31. The lowest BCUT2D eigenvalue weighted by molar-refractivity contribution is -0.118. The fourth-order valence-corrected chi connectivity index (χ4v) is 2.85. The Labute approximate surface area is 103 Å². The highest BCUT2D eigenvalue weighted by Gasteiger charge is 2.22. The third kappa shape index (κ3) is 3.32. The molecule has 0 aromatic heterocycles. The van der Waals surface area contributed by atoms with Crippen molar-refractivity contribution in [3.05, 3.63) is 29.8 Å². The van der Waals surface area contributed by atoms with E-state index in [2.05, 4.69) is 0 Å². The summed E-state index contributed by atoms with van der Waals surface area (Å²) in [7, 11) is 0. The highest BCUT2D eigenvalue weighted by Crippen LogP contribution is 2.37. The summed E-state index contributed by atoms with van der Waals surface area (Å²) < 4.78 is 0. The van der Waals surface area contributed by atoms with Crippen LogP contribution < -0.4 is 0 Å². The second-order valence-corrected chi connectivity index (χ2v) is 5.22. The van der Waals surface area contributed by atoms with Crippen molar-refractivity contribution >= 4 is 5.78 Å².